The maximum Gasteiger partial charge on any atom is 0.389 e. The number of aromatic nitrogens is 1. The summed E-state index contributed by atoms with van der Waals surface area (Å²) in [6, 6.07) is -0.142. The van der Waals surface area contributed by atoms with E-state index in [2.05, 4.69) is 10.3 Å². The number of thiazole rings is 1. The molecule has 0 bridgehead atoms. The van der Waals surface area contributed by atoms with Crippen LogP contribution in [0.2, 0.25) is 0 Å². The van der Waals surface area contributed by atoms with Crippen molar-refractivity contribution in [1.29, 1.82) is 0 Å². The molecule has 0 aliphatic rings. The standard InChI is InChI=1S/C12H19F3N2S/c1-3-6-16-10(4-5-12(13,14)15)7-11-17-9(2)8-18-11/h8,10,16H,3-7H2,1-2H3. The van der Waals surface area contributed by atoms with Crippen molar-refractivity contribution in [3.63, 3.8) is 0 Å². The molecule has 6 heteroatoms. The third kappa shape index (κ3) is 6.35. The van der Waals surface area contributed by atoms with E-state index in [1.54, 1.807) is 0 Å². The van der Waals surface area contributed by atoms with Crippen LogP contribution < -0.4 is 5.32 Å². The summed E-state index contributed by atoms with van der Waals surface area (Å²) in [5.74, 6) is 0. The van der Waals surface area contributed by atoms with Gasteiger partial charge in [-0.25, -0.2) is 4.98 Å². The number of hydrogen-bond donors (Lipinski definition) is 1. The molecule has 1 rings (SSSR count). The summed E-state index contributed by atoms with van der Waals surface area (Å²) in [6.45, 7) is 4.64. The smallest absolute Gasteiger partial charge is 0.314 e. The fourth-order valence-corrected chi connectivity index (χ4v) is 2.52. The first-order valence-electron chi connectivity index (χ1n) is 6.12. The summed E-state index contributed by atoms with van der Waals surface area (Å²) < 4.78 is 36.7. The quantitative estimate of drug-likeness (QED) is 0.823. The third-order valence-corrected chi connectivity index (χ3v) is 3.54. The van der Waals surface area contributed by atoms with Gasteiger partial charge in [0.25, 0.3) is 0 Å². The molecule has 0 radical (unpaired) electrons. The minimum Gasteiger partial charge on any atom is -0.314 e. The molecule has 0 aliphatic carbocycles. The number of hydrogen-bond acceptors (Lipinski definition) is 3. The van der Waals surface area contributed by atoms with Crippen molar-refractivity contribution in [2.24, 2.45) is 0 Å². The van der Waals surface area contributed by atoms with Gasteiger partial charge in [-0.2, -0.15) is 13.2 Å². The predicted molar refractivity (Wildman–Crippen MR) is 67.9 cm³/mol. The molecule has 1 aromatic rings. The van der Waals surface area contributed by atoms with Crippen LogP contribution in [0.1, 0.15) is 36.9 Å². The predicted octanol–water partition coefficient (Wildman–Crippen LogP) is 3.70. The fraction of sp³-hybridized carbons (Fsp3) is 0.750. The Balaban J connectivity index is 2.49. The molecule has 0 fully saturated rings. The number of nitrogens with zero attached hydrogens (tertiary/aromatic N) is 1. The normalized spacial score (nSPS) is 13.8. The van der Waals surface area contributed by atoms with E-state index in [0.29, 0.717) is 6.42 Å². The van der Waals surface area contributed by atoms with Gasteiger partial charge in [-0.3, -0.25) is 0 Å². The van der Waals surface area contributed by atoms with Crippen LogP contribution >= 0.6 is 11.3 Å². The summed E-state index contributed by atoms with van der Waals surface area (Å²) in [5, 5.41) is 6.00. The molecule has 104 valence electrons. The van der Waals surface area contributed by atoms with Crippen molar-refractivity contribution in [3.8, 4) is 0 Å². The van der Waals surface area contributed by atoms with Gasteiger partial charge in [0.15, 0.2) is 0 Å². The summed E-state index contributed by atoms with van der Waals surface area (Å²) in [4.78, 5) is 4.30. The van der Waals surface area contributed by atoms with Crippen LogP contribution in [-0.2, 0) is 6.42 Å². The van der Waals surface area contributed by atoms with Crippen molar-refractivity contribution in [3.05, 3.63) is 16.1 Å². The van der Waals surface area contributed by atoms with Gasteiger partial charge < -0.3 is 5.32 Å². The molecule has 0 aromatic carbocycles. The van der Waals surface area contributed by atoms with Crippen LogP contribution in [0.5, 0.6) is 0 Å². The van der Waals surface area contributed by atoms with Crippen molar-refractivity contribution in [2.75, 3.05) is 6.54 Å². The van der Waals surface area contributed by atoms with Gasteiger partial charge in [0.2, 0.25) is 0 Å². The Labute approximate surface area is 110 Å². The zero-order chi connectivity index (χ0) is 13.6. The van der Waals surface area contributed by atoms with Gasteiger partial charge in [-0.05, 0) is 26.3 Å². The van der Waals surface area contributed by atoms with E-state index in [4.69, 9.17) is 0 Å². The Bertz CT molecular complexity index is 349. The molecule has 0 saturated heterocycles. The summed E-state index contributed by atoms with van der Waals surface area (Å²) in [5.41, 5.74) is 0.931. The first kappa shape index (κ1) is 15.4. The van der Waals surface area contributed by atoms with E-state index in [1.165, 1.54) is 11.3 Å². The number of rotatable bonds is 7. The first-order chi connectivity index (χ1) is 8.40. The van der Waals surface area contributed by atoms with Crippen molar-refractivity contribution in [1.82, 2.24) is 10.3 Å². The monoisotopic (exact) mass is 280 g/mol. The van der Waals surface area contributed by atoms with E-state index in [9.17, 15) is 13.2 Å². The molecule has 2 nitrogen and oxygen atoms in total. The molecule has 1 aromatic heterocycles. The molecule has 0 saturated carbocycles. The lowest BCUT2D eigenvalue weighted by molar-refractivity contribution is -0.136. The van der Waals surface area contributed by atoms with Crippen molar-refractivity contribution >= 4 is 11.3 Å². The molecule has 0 amide bonds. The average molecular weight is 280 g/mol. The minimum absolute atomic E-state index is 0.113. The molecule has 1 heterocycles. The first-order valence-corrected chi connectivity index (χ1v) is 7.00. The van der Waals surface area contributed by atoms with E-state index in [-0.39, 0.29) is 12.5 Å². The number of halogens is 3. The van der Waals surface area contributed by atoms with Crippen LogP contribution in [0.3, 0.4) is 0 Å². The van der Waals surface area contributed by atoms with Crippen LogP contribution in [0.4, 0.5) is 13.2 Å². The zero-order valence-corrected chi connectivity index (χ0v) is 11.5. The second-order valence-electron chi connectivity index (χ2n) is 4.39. The molecule has 1 N–H and O–H groups in total. The maximum absolute atomic E-state index is 12.2. The molecule has 1 atom stereocenters. The highest BCUT2D eigenvalue weighted by atomic mass is 32.1. The highest BCUT2D eigenvalue weighted by molar-refractivity contribution is 7.09. The Hall–Kier alpha value is -0.620. The van der Waals surface area contributed by atoms with E-state index < -0.39 is 12.6 Å². The van der Waals surface area contributed by atoms with Crippen LogP contribution in [0, 0.1) is 6.92 Å². The molecule has 0 aliphatic heterocycles. The van der Waals surface area contributed by atoms with Gasteiger partial charge >= 0.3 is 6.18 Å². The lowest BCUT2D eigenvalue weighted by Gasteiger charge is -2.18. The Morgan fingerprint density at radius 2 is 2.17 bits per heavy atom. The largest absolute Gasteiger partial charge is 0.389 e. The van der Waals surface area contributed by atoms with E-state index >= 15 is 0 Å². The summed E-state index contributed by atoms with van der Waals surface area (Å²) >= 11 is 1.51. The van der Waals surface area contributed by atoms with E-state index in [1.807, 2.05) is 19.2 Å². The Morgan fingerprint density at radius 3 is 2.67 bits per heavy atom. The van der Waals surface area contributed by atoms with Crippen LogP contribution in [0.25, 0.3) is 0 Å². The van der Waals surface area contributed by atoms with Crippen LogP contribution in [-0.4, -0.2) is 23.7 Å². The van der Waals surface area contributed by atoms with Crippen LogP contribution in [0.15, 0.2) is 5.38 Å². The maximum atomic E-state index is 12.2. The molecule has 0 spiro atoms. The summed E-state index contributed by atoms with van der Waals surface area (Å²) in [7, 11) is 0. The van der Waals surface area contributed by atoms with E-state index in [0.717, 1.165) is 23.7 Å². The average Bonchev–Trinajstić information content (AvgIpc) is 2.67. The van der Waals surface area contributed by atoms with Gasteiger partial charge in [-0.1, -0.05) is 6.92 Å². The van der Waals surface area contributed by atoms with Gasteiger partial charge in [-0.15, -0.1) is 11.3 Å². The number of aryl methyl sites for hydroxylation is 1. The highest BCUT2D eigenvalue weighted by Gasteiger charge is 2.28. The fourth-order valence-electron chi connectivity index (χ4n) is 1.67. The molecule has 18 heavy (non-hydrogen) atoms. The van der Waals surface area contributed by atoms with Gasteiger partial charge in [0.1, 0.15) is 0 Å². The second-order valence-corrected chi connectivity index (χ2v) is 5.33. The molecule has 1 unspecified atom stereocenters. The SMILES string of the molecule is CCCNC(CCC(F)(F)F)Cc1nc(C)cs1. The lowest BCUT2D eigenvalue weighted by atomic mass is 10.1. The topological polar surface area (TPSA) is 24.9 Å². The Kier molecular flexibility index (Phi) is 6.08. The minimum atomic E-state index is -4.08. The van der Waals surface area contributed by atoms with Crippen molar-refractivity contribution in [2.45, 2.75) is 51.7 Å². The second kappa shape index (κ2) is 7.09. The van der Waals surface area contributed by atoms with Gasteiger partial charge in [0.05, 0.1) is 5.01 Å². The summed E-state index contributed by atoms with van der Waals surface area (Å²) in [6.07, 6.45) is -3.21. The highest BCUT2D eigenvalue weighted by Crippen LogP contribution is 2.23. The zero-order valence-electron chi connectivity index (χ0n) is 10.7. The molecular weight excluding hydrogens is 261 g/mol. The molecular formula is C12H19F3N2S. The lowest BCUT2D eigenvalue weighted by Crippen LogP contribution is -2.33. The van der Waals surface area contributed by atoms with Crippen molar-refractivity contribution < 1.29 is 13.2 Å². The third-order valence-electron chi connectivity index (χ3n) is 2.55. The number of nitrogens with one attached hydrogen (secondary N) is 1. The van der Waals surface area contributed by atoms with Gasteiger partial charge in [0, 0.05) is 30.0 Å². The Morgan fingerprint density at radius 1 is 1.44 bits per heavy atom. The number of alkyl halides is 3.